The van der Waals surface area contributed by atoms with Gasteiger partial charge in [0, 0.05) is 11.1 Å². The minimum atomic E-state index is 0.0515. The first-order chi connectivity index (χ1) is 10.6. The Balaban J connectivity index is 2.04. The van der Waals surface area contributed by atoms with Gasteiger partial charge in [-0.1, -0.05) is 66.2 Å². The molecule has 0 aliphatic heterocycles. The second kappa shape index (κ2) is 6.12. The lowest BCUT2D eigenvalue weighted by Crippen LogP contribution is -1.92. The van der Waals surface area contributed by atoms with Gasteiger partial charge in [-0.05, 0) is 30.2 Å². The van der Waals surface area contributed by atoms with Crippen LogP contribution in [0.15, 0.2) is 66.7 Å². The first-order valence-electron chi connectivity index (χ1n) is 6.98. The summed E-state index contributed by atoms with van der Waals surface area (Å²) in [6, 6.07) is 21.3. The van der Waals surface area contributed by atoms with Crippen molar-refractivity contribution in [2.24, 2.45) is 0 Å². The van der Waals surface area contributed by atoms with Crippen LogP contribution in [0.5, 0.6) is 0 Å². The molecule has 0 bridgehead atoms. The third-order valence-electron chi connectivity index (χ3n) is 3.49. The fraction of sp³-hybridized carbons (Fsp3) is 0.0526. The Kier molecular flexibility index (Phi) is 4.03. The van der Waals surface area contributed by atoms with Gasteiger partial charge in [-0.2, -0.15) is 0 Å². The van der Waals surface area contributed by atoms with Crippen LogP contribution in [0, 0.1) is 0 Å². The largest absolute Gasteiger partial charge is 0.295 e. The monoisotopic (exact) mass is 307 g/mol. The zero-order chi connectivity index (χ0) is 15.5. The highest BCUT2D eigenvalue weighted by molar-refractivity contribution is 6.29. The number of rotatable bonds is 3. The number of benzene rings is 2. The quantitative estimate of drug-likeness (QED) is 0.487. The number of Topliss-reactive ketones (excluding diaryl/α,β-unsaturated/α-hetero) is 1. The maximum Gasteiger partial charge on any atom is 0.159 e. The van der Waals surface area contributed by atoms with E-state index in [-0.39, 0.29) is 5.78 Å². The number of carbonyl (C=O) groups excluding carboxylic acids is 1. The highest BCUT2D eigenvalue weighted by Gasteiger charge is 2.07. The molecule has 0 saturated carbocycles. The molecule has 108 valence electrons. The Labute approximate surface area is 134 Å². The number of pyridine rings is 1. The standard InChI is InChI=1S/C19H14ClNO/c1-13(22)14-7-9-16(10-8-14)18-11-17(12-19(20)21-18)15-5-3-2-4-6-15/h2-12H,1H3. The van der Waals surface area contributed by atoms with Crippen molar-refractivity contribution in [2.45, 2.75) is 6.92 Å². The van der Waals surface area contributed by atoms with E-state index in [9.17, 15) is 4.79 Å². The van der Waals surface area contributed by atoms with Crippen LogP contribution < -0.4 is 0 Å². The molecule has 1 aromatic heterocycles. The summed E-state index contributed by atoms with van der Waals surface area (Å²) >= 11 is 6.17. The number of hydrogen-bond donors (Lipinski definition) is 0. The lowest BCUT2D eigenvalue weighted by Gasteiger charge is -2.07. The summed E-state index contributed by atoms with van der Waals surface area (Å²) in [6.45, 7) is 1.56. The molecule has 0 atom stereocenters. The van der Waals surface area contributed by atoms with Crippen molar-refractivity contribution in [3.8, 4) is 22.4 Å². The molecule has 2 nitrogen and oxygen atoms in total. The third kappa shape index (κ3) is 3.07. The van der Waals surface area contributed by atoms with Gasteiger partial charge in [0.15, 0.2) is 5.78 Å². The molecule has 3 aromatic rings. The molecule has 1 heterocycles. The molecule has 0 radical (unpaired) electrons. The molecule has 3 rings (SSSR count). The van der Waals surface area contributed by atoms with E-state index in [0.717, 1.165) is 22.4 Å². The van der Waals surface area contributed by atoms with Gasteiger partial charge in [0.2, 0.25) is 0 Å². The van der Waals surface area contributed by atoms with E-state index >= 15 is 0 Å². The van der Waals surface area contributed by atoms with Gasteiger partial charge < -0.3 is 0 Å². The molecule has 0 aliphatic rings. The van der Waals surface area contributed by atoms with E-state index in [4.69, 9.17) is 11.6 Å². The predicted molar refractivity (Wildman–Crippen MR) is 90.1 cm³/mol. The van der Waals surface area contributed by atoms with E-state index < -0.39 is 0 Å². The number of halogens is 1. The molecule has 0 spiro atoms. The van der Waals surface area contributed by atoms with Gasteiger partial charge in [0.05, 0.1) is 5.69 Å². The Morgan fingerprint density at radius 1 is 0.864 bits per heavy atom. The first kappa shape index (κ1) is 14.5. The van der Waals surface area contributed by atoms with E-state index in [1.165, 1.54) is 0 Å². The molecule has 0 saturated heterocycles. The van der Waals surface area contributed by atoms with Gasteiger partial charge in [-0.15, -0.1) is 0 Å². The summed E-state index contributed by atoms with van der Waals surface area (Å²) in [5, 5.41) is 0.451. The van der Waals surface area contributed by atoms with Crippen molar-refractivity contribution in [1.82, 2.24) is 4.98 Å². The number of aromatic nitrogens is 1. The molecule has 3 heteroatoms. The average molecular weight is 308 g/mol. The molecule has 0 amide bonds. The molecule has 22 heavy (non-hydrogen) atoms. The Morgan fingerprint density at radius 2 is 1.55 bits per heavy atom. The molecule has 0 fully saturated rings. The van der Waals surface area contributed by atoms with Gasteiger partial charge in [0.25, 0.3) is 0 Å². The summed E-state index contributed by atoms with van der Waals surface area (Å²) in [5.41, 5.74) is 4.53. The summed E-state index contributed by atoms with van der Waals surface area (Å²) in [4.78, 5) is 15.7. The van der Waals surface area contributed by atoms with E-state index in [2.05, 4.69) is 4.98 Å². The summed E-state index contributed by atoms with van der Waals surface area (Å²) in [5.74, 6) is 0.0515. The van der Waals surface area contributed by atoms with Crippen LogP contribution in [0.25, 0.3) is 22.4 Å². The van der Waals surface area contributed by atoms with Crippen LogP contribution in [0.4, 0.5) is 0 Å². The highest BCUT2D eigenvalue weighted by atomic mass is 35.5. The zero-order valence-corrected chi connectivity index (χ0v) is 12.8. The number of hydrogen-bond acceptors (Lipinski definition) is 2. The summed E-state index contributed by atoms with van der Waals surface area (Å²) in [6.07, 6.45) is 0. The van der Waals surface area contributed by atoms with Crippen LogP contribution in [-0.2, 0) is 0 Å². The lowest BCUT2D eigenvalue weighted by atomic mass is 10.0. The van der Waals surface area contributed by atoms with Crippen LogP contribution in [0.1, 0.15) is 17.3 Å². The maximum atomic E-state index is 11.3. The van der Waals surface area contributed by atoms with Crippen molar-refractivity contribution in [1.29, 1.82) is 0 Å². The second-order valence-electron chi connectivity index (χ2n) is 5.06. The van der Waals surface area contributed by atoms with E-state index in [0.29, 0.717) is 10.7 Å². The molecule has 2 aromatic carbocycles. The SMILES string of the molecule is CC(=O)c1ccc(-c2cc(-c3ccccc3)cc(Cl)n2)cc1. The van der Waals surface area contributed by atoms with Gasteiger partial charge in [-0.3, -0.25) is 4.79 Å². The van der Waals surface area contributed by atoms with Crippen LogP contribution in [-0.4, -0.2) is 10.8 Å². The normalized spacial score (nSPS) is 10.5. The Hall–Kier alpha value is -2.45. The lowest BCUT2D eigenvalue weighted by molar-refractivity contribution is 0.101. The van der Waals surface area contributed by atoms with Crippen molar-refractivity contribution in [3.05, 3.63) is 77.4 Å². The zero-order valence-electron chi connectivity index (χ0n) is 12.1. The Bertz CT molecular complexity index is 811. The van der Waals surface area contributed by atoms with E-state index in [1.807, 2.05) is 66.7 Å². The number of carbonyl (C=O) groups is 1. The van der Waals surface area contributed by atoms with Crippen molar-refractivity contribution in [3.63, 3.8) is 0 Å². The highest BCUT2D eigenvalue weighted by Crippen LogP contribution is 2.27. The smallest absolute Gasteiger partial charge is 0.159 e. The fourth-order valence-electron chi connectivity index (χ4n) is 2.32. The van der Waals surface area contributed by atoms with Gasteiger partial charge in [-0.25, -0.2) is 4.98 Å². The third-order valence-corrected chi connectivity index (χ3v) is 3.68. The topological polar surface area (TPSA) is 30.0 Å². The molecule has 0 aliphatic carbocycles. The van der Waals surface area contributed by atoms with E-state index in [1.54, 1.807) is 6.92 Å². The fourth-order valence-corrected chi connectivity index (χ4v) is 2.53. The van der Waals surface area contributed by atoms with Crippen molar-refractivity contribution >= 4 is 17.4 Å². The number of nitrogens with zero attached hydrogens (tertiary/aromatic N) is 1. The average Bonchev–Trinajstić information content (AvgIpc) is 2.55. The number of ketones is 1. The molecule has 0 N–H and O–H groups in total. The van der Waals surface area contributed by atoms with Crippen LogP contribution in [0.2, 0.25) is 5.15 Å². The van der Waals surface area contributed by atoms with Crippen LogP contribution in [0.3, 0.4) is 0 Å². The second-order valence-corrected chi connectivity index (χ2v) is 5.45. The minimum Gasteiger partial charge on any atom is -0.295 e. The Morgan fingerprint density at radius 3 is 2.18 bits per heavy atom. The first-order valence-corrected chi connectivity index (χ1v) is 7.36. The predicted octanol–water partition coefficient (Wildman–Crippen LogP) is 5.27. The molecular weight excluding hydrogens is 294 g/mol. The van der Waals surface area contributed by atoms with Gasteiger partial charge in [0.1, 0.15) is 5.15 Å². The maximum absolute atomic E-state index is 11.3. The molecular formula is C19H14ClNO. The van der Waals surface area contributed by atoms with Crippen LogP contribution >= 0.6 is 11.6 Å². The van der Waals surface area contributed by atoms with Crippen molar-refractivity contribution in [2.75, 3.05) is 0 Å². The molecule has 0 unspecified atom stereocenters. The van der Waals surface area contributed by atoms with Crippen molar-refractivity contribution < 1.29 is 4.79 Å². The van der Waals surface area contributed by atoms with Gasteiger partial charge >= 0.3 is 0 Å². The summed E-state index contributed by atoms with van der Waals surface area (Å²) < 4.78 is 0. The minimum absolute atomic E-state index is 0.0515. The summed E-state index contributed by atoms with van der Waals surface area (Å²) in [7, 11) is 0.